The first-order valence-electron chi connectivity index (χ1n) is 6.96. The van der Waals surface area contributed by atoms with Gasteiger partial charge in [-0.2, -0.15) is 0 Å². The van der Waals surface area contributed by atoms with E-state index in [1.165, 1.54) is 0 Å². The number of nitrogens with two attached hydrogens (primary N) is 1. The van der Waals surface area contributed by atoms with Crippen molar-refractivity contribution in [3.8, 4) is 23.6 Å². The summed E-state index contributed by atoms with van der Waals surface area (Å²) in [6, 6.07) is 8.05. The number of anilines is 1. The van der Waals surface area contributed by atoms with Crippen molar-refractivity contribution in [2.45, 2.75) is 32.9 Å². The van der Waals surface area contributed by atoms with Crippen LogP contribution in [0.3, 0.4) is 0 Å². The second-order valence-electron chi connectivity index (χ2n) is 5.28. The molecule has 0 spiro atoms. The molecule has 2 N–H and O–H groups in total. The van der Waals surface area contributed by atoms with Crippen molar-refractivity contribution >= 4 is 5.82 Å². The maximum atomic E-state index is 6.26. The minimum Gasteiger partial charge on any atom is -0.383 e. The lowest BCUT2D eigenvalue weighted by atomic mass is 10.1. The van der Waals surface area contributed by atoms with Crippen LogP contribution in [0.5, 0.6) is 0 Å². The van der Waals surface area contributed by atoms with E-state index in [9.17, 15) is 0 Å². The van der Waals surface area contributed by atoms with E-state index in [0.29, 0.717) is 19.0 Å². The van der Waals surface area contributed by atoms with Gasteiger partial charge in [0, 0.05) is 18.6 Å². The molecule has 21 heavy (non-hydrogen) atoms. The molecule has 1 aromatic carbocycles. The number of rotatable bonds is 5. The van der Waals surface area contributed by atoms with Crippen LogP contribution in [0.1, 0.15) is 31.2 Å². The molecular formula is C17H21N3O. The Bertz CT molecular complexity index is 665. The molecule has 0 aliphatic carbocycles. The highest BCUT2D eigenvalue weighted by Gasteiger charge is 2.17. The number of ether oxygens (including phenoxy) is 1. The van der Waals surface area contributed by atoms with Crippen molar-refractivity contribution in [3.63, 3.8) is 0 Å². The first-order chi connectivity index (χ1) is 10.1. The molecule has 4 heteroatoms. The van der Waals surface area contributed by atoms with E-state index in [1.807, 2.05) is 28.8 Å². The minimum atomic E-state index is 0.261. The van der Waals surface area contributed by atoms with E-state index in [4.69, 9.17) is 21.9 Å². The predicted octanol–water partition coefficient (Wildman–Crippen LogP) is 3.04. The molecule has 0 saturated heterocycles. The smallest absolute Gasteiger partial charge is 0.132 e. The molecule has 0 bridgehead atoms. The van der Waals surface area contributed by atoms with Gasteiger partial charge in [-0.05, 0) is 11.6 Å². The summed E-state index contributed by atoms with van der Waals surface area (Å²) in [5.41, 5.74) is 9.12. The fraction of sp³-hybridized carbons (Fsp3) is 0.353. The van der Waals surface area contributed by atoms with Crippen molar-refractivity contribution in [1.82, 2.24) is 9.55 Å². The van der Waals surface area contributed by atoms with Gasteiger partial charge >= 0.3 is 0 Å². The number of benzene rings is 1. The highest BCUT2D eigenvalue weighted by molar-refractivity contribution is 5.71. The molecule has 2 rings (SSSR count). The van der Waals surface area contributed by atoms with Crippen molar-refractivity contribution < 1.29 is 4.74 Å². The van der Waals surface area contributed by atoms with Crippen LogP contribution in [0.15, 0.2) is 24.3 Å². The molecule has 0 atom stereocenters. The van der Waals surface area contributed by atoms with Gasteiger partial charge in [0.05, 0.1) is 13.2 Å². The Labute approximate surface area is 125 Å². The van der Waals surface area contributed by atoms with E-state index in [1.54, 1.807) is 7.11 Å². The summed E-state index contributed by atoms with van der Waals surface area (Å²) in [6.07, 6.45) is 5.44. The monoisotopic (exact) mass is 283 g/mol. The lowest BCUT2D eigenvalue weighted by Crippen LogP contribution is -2.07. The van der Waals surface area contributed by atoms with Crippen molar-refractivity contribution in [2.24, 2.45) is 0 Å². The number of hydrogen-bond acceptors (Lipinski definition) is 3. The third-order valence-electron chi connectivity index (χ3n) is 3.31. The Hall–Kier alpha value is -2.25. The molecule has 0 unspecified atom stereocenters. The van der Waals surface area contributed by atoms with Gasteiger partial charge in [0.25, 0.3) is 0 Å². The van der Waals surface area contributed by atoms with Crippen LogP contribution in [-0.4, -0.2) is 16.7 Å². The van der Waals surface area contributed by atoms with E-state index in [2.05, 4.69) is 19.8 Å². The van der Waals surface area contributed by atoms with Crippen molar-refractivity contribution in [2.75, 3.05) is 12.8 Å². The van der Waals surface area contributed by atoms with Gasteiger partial charge in [-0.1, -0.05) is 38.0 Å². The molecular weight excluding hydrogens is 262 g/mol. The van der Waals surface area contributed by atoms with Crippen LogP contribution in [0.4, 0.5) is 5.82 Å². The number of hydrogen-bond donors (Lipinski definition) is 1. The normalized spacial score (nSPS) is 10.8. The second kappa shape index (κ2) is 6.47. The predicted molar refractivity (Wildman–Crippen MR) is 85.7 cm³/mol. The van der Waals surface area contributed by atoms with Gasteiger partial charge < -0.3 is 15.0 Å². The summed E-state index contributed by atoms with van der Waals surface area (Å²) in [6.45, 7) is 5.17. The molecule has 1 aromatic heterocycles. The third kappa shape index (κ3) is 3.09. The van der Waals surface area contributed by atoms with Crippen LogP contribution in [0, 0.1) is 12.3 Å². The van der Waals surface area contributed by atoms with E-state index < -0.39 is 0 Å². The van der Waals surface area contributed by atoms with Crippen molar-refractivity contribution in [3.05, 3.63) is 35.7 Å². The molecule has 0 aliphatic heterocycles. The van der Waals surface area contributed by atoms with Gasteiger partial charge in [-0.3, -0.25) is 0 Å². The molecule has 4 nitrogen and oxygen atoms in total. The number of nitrogen functional groups attached to an aromatic ring is 1. The zero-order chi connectivity index (χ0) is 15.4. The second-order valence-corrected chi connectivity index (χ2v) is 5.28. The molecule has 0 aliphatic rings. The van der Waals surface area contributed by atoms with Crippen LogP contribution < -0.4 is 5.73 Å². The topological polar surface area (TPSA) is 53.1 Å². The molecule has 2 aromatic rings. The number of terminal acetylenes is 1. The zero-order valence-electron chi connectivity index (χ0n) is 12.8. The lowest BCUT2D eigenvalue weighted by molar-refractivity contribution is 0.185. The summed E-state index contributed by atoms with van der Waals surface area (Å²) in [5, 5.41) is 0. The standard InChI is InChI=1S/C17H21N3O/c1-5-9-20-16(18)15(19-17(20)12(2)3)14-8-6-7-13(10-14)11-21-4/h1,6-8,10,12H,9,11,18H2,2-4H3. The quantitative estimate of drug-likeness (QED) is 0.858. The molecule has 1 heterocycles. The lowest BCUT2D eigenvalue weighted by Gasteiger charge is -2.08. The molecule has 0 fully saturated rings. The van der Waals surface area contributed by atoms with Gasteiger partial charge in [-0.15, -0.1) is 6.42 Å². The number of methoxy groups -OCH3 is 1. The van der Waals surface area contributed by atoms with Gasteiger partial charge in [0.2, 0.25) is 0 Å². The Kier molecular flexibility index (Phi) is 4.66. The van der Waals surface area contributed by atoms with Crippen molar-refractivity contribution in [1.29, 1.82) is 0 Å². The van der Waals surface area contributed by atoms with Gasteiger partial charge in [0.15, 0.2) is 0 Å². The first-order valence-corrected chi connectivity index (χ1v) is 6.96. The summed E-state index contributed by atoms with van der Waals surface area (Å²) in [7, 11) is 1.68. The molecule has 0 radical (unpaired) electrons. The Morgan fingerprint density at radius 1 is 1.43 bits per heavy atom. The minimum absolute atomic E-state index is 0.261. The Balaban J connectivity index is 2.51. The first kappa shape index (κ1) is 15.1. The highest BCUT2D eigenvalue weighted by atomic mass is 16.5. The maximum Gasteiger partial charge on any atom is 0.132 e. The average Bonchev–Trinajstić information content (AvgIpc) is 2.78. The van der Waals surface area contributed by atoms with Crippen LogP contribution in [0.25, 0.3) is 11.3 Å². The maximum absolute atomic E-state index is 6.26. The summed E-state index contributed by atoms with van der Waals surface area (Å²) in [5.74, 6) is 4.43. The van der Waals surface area contributed by atoms with Crippen LogP contribution >= 0.6 is 0 Å². The fourth-order valence-electron chi connectivity index (χ4n) is 2.37. The van der Waals surface area contributed by atoms with Crippen LogP contribution in [-0.2, 0) is 17.9 Å². The van der Waals surface area contributed by atoms with Gasteiger partial charge in [0.1, 0.15) is 17.3 Å². The largest absolute Gasteiger partial charge is 0.383 e. The zero-order valence-corrected chi connectivity index (χ0v) is 12.8. The third-order valence-corrected chi connectivity index (χ3v) is 3.31. The van der Waals surface area contributed by atoms with Crippen LogP contribution in [0.2, 0.25) is 0 Å². The fourth-order valence-corrected chi connectivity index (χ4v) is 2.37. The summed E-state index contributed by atoms with van der Waals surface area (Å²) >= 11 is 0. The number of aromatic nitrogens is 2. The summed E-state index contributed by atoms with van der Waals surface area (Å²) < 4.78 is 7.08. The SMILES string of the molecule is C#CCn1c(C(C)C)nc(-c2cccc(COC)c2)c1N. The summed E-state index contributed by atoms with van der Waals surface area (Å²) in [4.78, 5) is 4.70. The molecule has 0 saturated carbocycles. The van der Waals surface area contributed by atoms with E-state index >= 15 is 0 Å². The number of imidazole rings is 1. The average molecular weight is 283 g/mol. The van der Waals surface area contributed by atoms with E-state index in [0.717, 1.165) is 22.6 Å². The number of nitrogens with zero attached hydrogens (tertiary/aromatic N) is 2. The Morgan fingerprint density at radius 2 is 2.19 bits per heavy atom. The molecule has 110 valence electrons. The Morgan fingerprint density at radius 3 is 2.81 bits per heavy atom. The van der Waals surface area contributed by atoms with E-state index in [-0.39, 0.29) is 5.92 Å². The molecule has 0 amide bonds. The highest BCUT2D eigenvalue weighted by Crippen LogP contribution is 2.29. The van der Waals surface area contributed by atoms with Gasteiger partial charge in [-0.25, -0.2) is 4.98 Å².